The van der Waals surface area contributed by atoms with Gasteiger partial charge in [0, 0.05) is 0 Å². The van der Waals surface area contributed by atoms with Gasteiger partial charge in [-0.25, -0.2) is 0 Å². The van der Waals surface area contributed by atoms with Gasteiger partial charge in [-0.3, -0.25) is 0 Å². The van der Waals surface area contributed by atoms with Gasteiger partial charge in [-0.1, -0.05) is 0 Å². The summed E-state index contributed by atoms with van der Waals surface area (Å²) in [7, 11) is 0. The Hall–Kier alpha value is -2.30. The Kier molecular flexibility index (Phi) is 3.20. The molecule has 1 aliphatic heterocycles. The zero-order valence-electron chi connectivity index (χ0n) is 10.7. The fourth-order valence-corrected chi connectivity index (χ4v) is 4.84. The second kappa shape index (κ2) is 4.91. The van der Waals surface area contributed by atoms with Crippen LogP contribution in [0.4, 0.5) is 0 Å². The molecule has 5 nitrogen and oxygen atoms in total. The van der Waals surface area contributed by atoms with E-state index in [2.05, 4.69) is 0 Å². The fourth-order valence-electron chi connectivity index (χ4n) is 2.27. The average molecular weight is 346 g/mol. The van der Waals surface area contributed by atoms with Gasteiger partial charge < -0.3 is 0 Å². The quantitative estimate of drug-likeness (QED) is 0.274. The van der Waals surface area contributed by atoms with Crippen molar-refractivity contribution >= 4 is 31.0 Å². The Bertz CT molecular complexity index is 759. The number of hydrogen-bond acceptors (Lipinski definition) is 4. The Labute approximate surface area is 126 Å². The topological polar surface area (TPSA) is 77.3 Å². The molecular formula is C15H9NO4Se. The van der Waals surface area contributed by atoms with E-state index >= 15 is 0 Å². The van der Waals surface area contributed by atoms with E-state index in [1.165, 1.54) is 12.1 Å². The molecule has 1 heterocycles. The van der Waals surface area contributed by atoms with E-state index in [0.717, 1.165) is 0 Å². The summed E-state index contributed by atoms with van der Waals surface area (Å²) in [6.07, 6.45) is 0. The van der Waals surface area contributed by atoms with Crippen molar-refractivity contribution in [3.8, 4) is 0 Å². The molecule has 1 atom stereocenters. The predicted octanol–water partition coefficient (Wildman–Crippen LogP) is 1.07. The predicted molar refractivity (Wildman–Crippen MR) is 76.7 cm³/mol. The van der Waals surface area contributed by atoms with Crippen molar-refractivity contribution in [3.63, 3.8) is 0 Å². The van der Waals surface area contributed by atoms with Crippen LogP contribution in [0.25, 0.3) is 0 Å². The molecule has 1 unspecified atom stereocenters. The molecule has 0 aliphatic carbocycles. The summed E-state index contributed by atoms with van der Waals surface area (Å²) in [5.41, 5.74) is 0.482. The number of nitrogens with zero attached hydrogens (tertiary/aromatic N) is 1. The number of nitro groups is 1. The number of ketones is 2. The minimum atomic E-state index is -2.17. The van der Waals surface area contributed by atoms with Gasteiger partial charge in [0.25, 0.3) is 0 Å². The number of carbonyl (C=O) groups excluding carboxylic acids is 2. The standard InChI is InChI=1S/C15H9NO4Se/c17-13(10-6-2-1-3-7-10)15(16(19)20)14(18)11-8-4-5-9-12(11)21-15/h1-9H. The monoisotopic (exact) mass is 347 g/mol. The van der Waals surface area contributed by atoms with Gasteiger partial charge >= 0.3 is 126 Å². The summed E-state index contributed by atoms with van der Waals surface area (Å²) in [6, 6.07) is 14.6. The number of hydrogen-bond donors (Lipinski definition) is 0. The number of benzene rings is 2. The Morgan fingerprint density at radius 3 is 2.29 bits per heavy atom. The first-order chi connectivity index (χ1) is 10.1. The van der Waals surface area contributed by atoms with E-state index in [0.29, 0.717) is 10.0 Å². The molecule has 0 amide bonds. The molecule has 2 aromatic rings. The van der Waals surface area contributed by atoms with Crippen LogP contribution < -0.4 is 4.46 Å². The molecule has 6 heteroatoms. The van der Waals surface area contributed by atoms with Crippen LogP contribution in [-0.2, 0) is 0 Å². The number of Topliss-reactive ketones (excluding diaryl/α,β-unsaturated/α-hetero) is 2. The molecule has 3 rings (SSSR count). The number of carbonyl (C=O) groups is 2. The van der Waals surface area contributed by atoms with Crippen LogP contribution in [-0.4, -0.2) is 35.9 Å². The summed E-state index contributed by atoms with van der Waals surface area (Å²) in [6.45, 7) is 0. The maximum absolute atomic E-state index is 12.6. The molecule has 0 saturated heterocycles. The van der Waals surface area contributed by atoms with Crippen LogP contribution >= 0.6 is 0 Å². The van der Waals surface area contributed by atoms with Crippen molar-refractivity contribution in [2.45, 2.75) is 4.44 Å². The summed E-state index contributed by atoms with van der Waals surface area (Å²) in [4.78, 5) is 36.0. The van der Waals surface area contributed by atoms with Gasteiger partial charge in [-0.05, 0) is 0 Å². The second-order valence-electron chi connectivity index (χ2n) is 4.52. The third-order valence-electron chi connectivity index (χ3n) is 3.30. The summed E-state index contributed by atoms with van der Waals surface area (Å²) < 4.78 is -1.56. The molecule has 0 aromatic heterocycles. The van der Waals surface area contributed by atoms with E-state index in [1.807, 2.05) is 0 Å². The molecule has 0 fully saturated rings. The normalized spacial score (nSPS) is 20.1. The SMILES string of the molecule is O=C(c1ccccc1)C1([N+](=O)[O-])[Se]c2ccccc2C1=O. The second-order valence-corrected chi connectivity index (χ2v) is 7.11. The van der Waals surface area contributed by atoms with E-state index in [1.54, 1.807) is 42.5 Å². The Balaban J connectivity index is 2.15. The number of rotatable bonds is 3. The van der Waals surface area contributed by atoms with E-state index in [4.69, 9.17) is 0 Å². The molecule has 0 N–H and O–H groups in total. The molecule has 0 radical (unpaired) electrons. The van der Waals surface area contributed by atoms with Gasteiger partial charge in [0.05, 0.1) is 0 Å². The fraction of sp³-hybridized carbons (Fsp3) is 0.0667. The minimum absolute atomic E-state index is 0.192. The molecule has 1 aliphatic rings. The van der Waals surface area contributed by atoms with Gasteiger partial charge in [-0.2, -0.15) is 0 Å². The van der Waals surface area contributed by atoms with Gasteiger partial charge in [0.2, 0.25) is 0 Å². The van der Waals surface area contributed by atoms with Gasteiger partial charge in [0.15, 0.2) is 0 Å². The molecule has 21 heavy (non-hydrogen) atoms. The molecule has 0 bridgehead atoms. The molecule has 0 spiro atoms. The van der Waals surface area contributed by atoms with Crippen molar-refractivity contribution in [2.75, 3.05) is 0 Å². The van der Waals surface area contributed by atoms with Crippen LogP contribution in [0.3, 0.4) is 0 Å². The average Bonchev–Trinajstić information content (AvgIpc) is 2.82. The Morgan fingerprint density at radius 1 is 1.05 bits per heavy atom. The summed E-state index contributed by atoms with van der Waals surface area (Å²) in [5, 5.41) is 11.6. The molecular weight excluding hydrogens is 337 g/mol. The van der Waals surface area contributed by atoms with Crippen molar-refractivity contribution in [1.29, 1.82) is 0 Å². The summed E-state index contributed by atoms with van der Waals surface area (Å²) in [5.74, 6) is -1.42. The first kappa shape index (κ1) is 13.7. The zero-order valence-corrected chi connectivity index (χ0v) is 12.4. The van der Waals surface area contributed by atoms with Gasteiger partial charge in [-0.15, -0.1) is 0 Å². The summed E-state index contributed by atoms with van der Waals surface area (Å²) >= 11 is -0.864. The van der Waals surface area contributed by atoms with Crippen LogP contribution in [0.5, 0.6) is 0 Å². The number of fused-ring (bicyclic) bond motifs is 1. The molecule has 2 aromatic carbocycles. The van der Waals surface area contributed by atoms with Crippen LogP contribution in [0.1, 0.15) is 20.7 Å². The first-order valence-electron chi connectivity index (χ1n) is 6.14. The van der Waals surface area contributed by atoms with Crippen LogP contribution in [0, 0.1) is 10.1 Å². The molecule has 104 valence electrons. The first-order valence-corrected chi connectivity index (χ1v) is 7.86. The van der Waals surface area contributed by atoms with Gasteiger partial charge in [0.1, 0.15) is 0 Å². The molecule has 0 saturated carbocycles. The maximum atomic E-state index is 12.6. The van der Waals surface area contributed by atoms with Crippen LogP contribution in [0.2, 0.25) is 0 Å². The van der Waals surface area contributed by atoms with Crippen molar-refractivity contribution in [2.24, 2.45) is 0 Å². The third-order valence-corrected chi connectivity index (χ3v) is 6.22. The van der Waals surface area contributed by atoms with Crippen molar-refractivity contribution < 1.29 is 14.5 Å². The van der Waals surface area contributed by atoms with E-state index in [9.17, 15) is 19.7 Å². The van der Waals surface area contributed by atoms with Crippen LogP contribution in [0.15, 0.2) is 54.6 Å². The van der Waals surface area contributed by atoms with Crippen molar-refractivity contribution in [3.05, 3.63) is 75.8 Å². The third kappa shape index (κ3) is 1.92. The zero-order chi connectivity index (χ0) is 15.0. The van der Waals surface area contributed by atoms with E-state index < -0.39 is 35.9 Å². The van der Waals surface area contributed by atoms with Crippen molar-refractivity contribution in [1.82, 2.24) is 0 Å². The van der Waals surface area contributed by atoms with E-state index in [-0.39, 0.29) is 5.56 Å². The Morgan fingerprint density at radius 2 is 1.67 bits per heavy atom.